The Morgan fingerprint density at radius 2 is 2.16 bits per heavy atom. The van der Waals surface area contributed by atoms with Crippen molar-refractivity contribution in [3.63, 3.8) is 0 Å². The normalized spacial score (nSPS) is 16.8. The Balaban J connectivity index is 1.57. The highest BCUT2D eigenvalue weighted by Gasteiger charge is 2.28. The fourth-order valence-electron chi connectivity index (χ4n) is 3.14. The topological polar surface area (TPSA) is 104 Å². The number of carboxylic acid groups (broad SMARTS) is 1. The molecule has 0 spiro atoms. The number of carboxylic acids is 1. The molecule has 1 aliphatic heterocycles. The molecule has 0 aliphatic carbocycles. The molecule has 1 fully saturated rings. The summed E-state index contributed by atoms with van der Waals surface area (Å²) in [6.07, 6.45) is 4.70. The third-order valence-corrected chi connectivity index (χ3v) is 4.74. The molecule has 25 heavy (non-hydrogen) atoms. The second-order valence-corrected chi connectivity index (χ2v) is 6.74. The predicted octanol–water partition coefficient (Wildman–Crippen LogP) is 1.85. The summed E-state index contributed by atoms with van der Waals surface area (Å²) in [7, 11) is 0. The minimum Gasteiger partial charge on any atom is -0.481 e. The number of aromatic nitrogens is 4. The molecule has 2 aromatic heterocycles. The van der Waals surface area contributed by atoms with E-state index >= 15 is 0 Å². The van der Waals surface area contributed by atoms with Gasteiger partial charge in [0.15, 0.2) is 0 Å². The average Bonchev–Trinajstić information content (AvgIpc) is 3.22. The van der Waals surface area contributed by atoms with Crippen LogP contribution < -0.4 is 0 Å². The highest BCUT2D eigenvalue weighted by Crippen LogP contribution is 2.28. The van der Waals surface area contributed by atoms with Crippen LogP contribution in [0.5, 0.6) is 0 Å². The molecule has 2 N–H and O–H groups in total. The molecule has 3 rings (SSSR count). The summed E-state index contributed by atoms with van der Waals surface area (Å²) in [4.78, 5) is 25.2. The lowest BCUT2D eigenvalue weighted by Crippen LogP contribution is -2.41. The number of piperidine rings is 1. The second kappa shape index (κ2) is 7.26. The van der Waals surface area contributed by atoms with Crippen molar-refractivity contribution in [1.29, 1.82) is 0 Å². The van der Waals surface area contributed by atoms with Gasteiger partial charge in [-0.05, 0) is 25.8 Å². The number of aliphatic carboxylic acids is 1. The molecule has 0 bridgehead atoms. The van der Waals surface area contributed by atoms with Gasteiger partial charge in [0.05, 0.1) is 23.3 Å². The number of nitrogens with zero attached hydrogens (tertiary/aromatic N) is 4. The molecule has 1 aliphatic rings. The van der Waals surface area contributed by atoms with Crippen LogP contribution in [0.3, 0.4) is 0 Å². The quantitative estimate of drug-likeness (QED) is 0.841. The Bertz CT molecular complexity index is 763. The van der Waals surface area contributed by atoms with E-state index in [0.29, 0.717) is 23.8 Å². The van der Waals surface area contributed by atoms with Gasteiger partial charge < -0.3 is 10.0 Å². The smallest absolute Gasteiger partial charge is 0.309 e. The predicted molar refractivity (Wildman–Crippen MR) is 90.4 cm³/mol. The SMILES string of the molecule is C[C@H](C(=O)N1CCC(c2cc(CC(=O)O)[nH]n2)CC1)n1cc(Cl)cn1. The summed E-state index contributed by atoms with van der Waals surface area (Å²) < 4.78 is 1.57. The monoisotopic (exact) mass is 365 g/mol. The largest absolute Gasteiger partial charge is 0.481 e. The van der Waals surface area contributed by atoms with Crippen molar-refractivity contribution in [2.24, 2.45) is 0 Å². The third kappa shape index (κ3) is 4.01. The first-order chi connectivity index (χ1) is 11.9. The molecule has 0 aromatic carbocycles. The zero-order valence-electron chi connectivity index (χ0n) is 13.9. The molecular formula is C16H20ClN5O3. The van der Waals surface area contributed by atoms with Crippen LogP contribution in [0.15, 0.2) is 18.5 Å². The van der Waals surface area contributed by atoms with Gasteiger partial charge >= 0.3 is 5.97 Å². The van der Waals surface area contributed by atoms with Gasteiger partial charge in [-0.3, -0.25) is 19.4 Å². The summed E-state index contributed by atoms with van der Waals surface area (Å²) in [6, 6.07) is 1.42. The number of amides is 1. The van der Waals surface area contributed by atoms with Crippen molar-refractivity contribution in [2.45, 2.75) is 38.1 Å². The molecule has 0 unspecified atom stereocenters. The van der Waals surface area contributed by atoms with Gasteiger partial charge in [0.25, 0.3) is 0 Å². The maximum Gasteiger partial charge on any atom is 0.309 e. The first-order valence-electron chi connectivity index (χ1n) is 8.18. The van der Waals surface area contributed by atoms with Crippen molar-refractivity contribution < 1.29 is 14.7 Å². The molecule has 2 aromatic rings. The molecule has 0 radical (unpaired) electrons. The molecule has 8 nitrogen and oxygen atoms in total. The zero-order chi connectivity index (χ0) is 18.0. The summed E-state index contributed by atoms with van der Waals surface area (Å²) in [5.41, 5.74) is 1.47. The van der Waals surface area contributed by atoms with Crippen LogP contribution in [0.2, 0.25) is 5.02 Å². The number of rotatable bonds is 5. The Morgan fingerprint density at radius 3 is 2.76 bits per heavy atom. The minimum atomic E-state index is -0.886. The van der Waals surface area contributed by atoms with Gasteiger partial charge in [-0.15, -0.1) is 0 Å². The van der Waals surface area contributed by atoms with E-state index in [4.69, 9.17) is 16.7 Å². The molecule has 9 heteroatoms. The standard InChI is InChI=1S/C16H20ClN5O3/c1-10(22-9-12(17)8-18-22)16(25)21-4-2-11(3-5-21)14-6-13(19-20-14)7-15(23)24/h6,8-11H,2-5,7H2,1H3,(H,19,20)(H,23,24)/t10-/m1/s1. The van der Waals surface area contributed by atoms with Crippen molar-refractivity contribution >= 4 is 23.5 Å². The maximum absolute atomic E-state index is 12.6. The number of likely N-dealkylation sites (tertiary alicyclic amines) is 1. The van der Waals surface area contributed by atoms with E-state index < -0.39 is 12.0 Å². The summed E-state index contributed by atoms with van der Waals surface area (Å²) in [6.45, 7) is 3.09. The summed E-state index contributed by atoms with van der Waals surface area (Å²) in [5.74, 6) is -0.632. The van der Waals surface area contributed by atoms with Crippen molar-refractivity contribution in [3.8, 4) is 0 Å². The highest BCUT2D eigenvalue weighted by molar-refractivity contribution is 6.30. The van der Waals surface area contributed by atoms with E-state index in [1.807, 2.05) is 17.9 Å². The Kier molecular flexibility index (Phi) is 5.08. The lowest BCUT2D eigenvalue weighted by Gasteiger charge is -2.33. The molecule has 3 heterocycles. The molecular weight excluding hydrogens is 346 g/mol. The van der Waals surface area contributed by atoms with Gasteiger partial charge in [-0.1, -0.05) is 11.6 Å². The van der Waals surface area contributed by atoms with Crippen molar-refractivity contribution in [1.82, 2.24) is 24.9 Å². The van der Waals surface area contributed by atoms with Crippen molar-refractivity contribution in [2.75, 3.05) is 13.1 Å². The third-order valence-electron chi connectivity index (χ3n) is 4.54. The molecule has 1 atom stereocenters. The van der Waals surface area contributed by atoms with Gasteiger partial charge in [-0.2, -0.15) is 10.2 Å². The number of carbonyl (C=O) groups excluding carboxylic acids is 1. The van der Waals surface area contributed by atoms with Crippen molar-refractivity contribution in [3.05, 3.63) is 34.9 Å². The van der Waals surface area contributed by atoms with E-state index in [1.165, 1.54) is 6.20 Å². The van der Waals surface area contributed by atoms with Crippen LogP contribution in [0, 0.1) is 0 Å². The maximum atomic E-state index is 12.6. The number of hydrogen-bond donors (Lipinski definition) is 2. The number of H-pyrrole nitrogens is 1. The molecule has 1 amide bonds. The second-order valence-electron chi connectivity index (χ2n) is 6.30. The Hall–Kier alpha value is -2.35. The van der Waals surface area contributed by atoms with E-state index in [1.54, 1.807) is 10.9 Å². The van der Waals surface area contributed by atoms with Gasteiger partial charge in [0.1, 0.15) is 6.04 Å². The number of nitrogens with one attached hydrogen (secondary N) is 1. The van der Waals surface area contributed by atoms with E-state index in [9.17, 15) is 9.59 Å². The number of carbonyl (C=O) groups is 2. The van der Waals surface area contributed by atoms with Gasteiger partial charge in [-0.25, -0.2) is 0 Å². The fraction of sp³-hybridized carbons (Fsp3) is 0.500. The Morgan fingerprint density at radius 1 is 1.44 bits per heavy atom. The van der Waals surface area contributed by atoms with Crippen LogP contribution in [-0.4, -0.2) is 55.0 Å². The van der Waals surface area contributed by atoms with Crippen LogP contribution in [-0.2, 0) is 16.0 Å². The molecule has 134 valence electrons. The molecule has 1 saturated heterocycles. The number of aromatic amines is 1. The molecule has 0 saturated carbocycles. The van der Waals surface area contributed by atoms with Crippen LogP contribution >= 0.6 is 11.6 Å². The lowest BCUT2D eigenvalue weighted by molar-refractivity contribution is -0.136. The minimum absolute atomic E-state index is 0.0202. The van der Waals surface area contributed by atoms with Gasteiger partial charge in [0, 0.05) is 30.9 Å². The van der Waals surface area contributed by atoms with Crippen LogP contribution in [0.25, 0.3) is 0 Å². The van der Waals surface area contributed by atoms with E-state index in [-0.39, 0.29) is 18.2 Å². The number of halogens is 1. The zero-order valence-corrected chi connectivity index (χ0v) is 14.6. The first kappa shape index (κ1) is 17.5. The van der Waals surface area contributed by atoms with E-state index in [0.717, 1.165) is 18.5 Å². The summed E-state index contributed by atoms with van der Waals surface area (Å²) >= 11 is 5.86. The van der Waals surface area contributed by atoms with E-state index in [2.05, 4.69) is 15.3 Å². The number of hydrogen-bond acceptors (Lipinski definition) is 4. The van der Waals surface area contributed by atoms with Crippen LogP contribution in [0.1, 0.15) is 43.1 Å². The lowest BCUT2D eigenvalue weighted by atomic mass is 9.93. The van der Waals surface area contributed by atoms with Gasteiger partial charge in [0.2, 0.25) is 5.91 Å². The summed E-state index contributed by atoms with van der Waals surface area (Å²) in [5, 5.41) is 20.4. The first-order valence-corrected chi connectivity index (χ1v) is 8.56. The highest BCUT2D eigenvalue weighted by atomic mass is 35.5. The van der Waals surface area contributed by atoms with Crippen LogP contribution in [0.4, 0.5) is 0 Å². The Labute approximate surface area is 149 Å². The average molecular weight is 366 g/mol. The fourth-order valence-corrected chi connectivity index (χ4v) is 3.29.